The maximum absolute atomic E-state index is 11.9. The molecule has 27 heavy (non-hydrogen) atoms. The molecule has 1 aliphatic rings. The molecule has 1 fully saturated rings. The summed E-state index contributed by atoms with van der Waals surface area (Å²) < 4.78 is 11.2. The average molecular weight is 490 g/mol. The number of amides is 1. The van der Waals surface area contributed by atoms with Crippen LogP contribution in [-0.2, 0) is 9.53 Å². The van der Waals surface area contributed by atoms with E-state index in [1.54, 1.807) is 19.0 Å². The standard InChI is InChI=1S/C19H30N4O3.HI/c1-22(2)18(24)14-21-19(20-13-16-9-11-25-15-16)23(3)10-12-26-17-7-5-4-6-8-17;/h4-8,16H,9-15H2,1-3H3,(H,20,21);1H. The summed E-state index contributed by atoms with van der Waals surface area (Å²) >= 11 is 0. The van der Waals surface area contributed by atoms with Gasteiger partial charge in [0.25, 0.3) is 0 Å². The Morgan fingerprint density at radius 3 is 2.67 bits per heavy atom. The second-order valence-electron chi connectivity index (χ2n) is 6.62. The molecule has 0 spiro atoms. The number of benzene rings is 1. The molecule has 2 rings (SSSR count). The summed E-state index contributed by atoms with van der Waals surface area (Å²) in [5.41, 5.74) is 0. The molecule has 1 aromatic rings. The highest BCUT2D eigenvalue weighted by Crippen LogP contribution is 2.11. The normalized spacial score (nSPS) is 16.4. The third-order valence-corrected chi connectivity index (χ3v) is 4.24. The SMILES string of the molecule is CN(C)C(=O)CN=C(NCC1CCOC1)N(C)CCOc1ccccc1.I. The van der Waals surface area contributed by atoms with Crippen LogP contribution < -0.4 is 10.1 Å². The highest BCUT2D eigenvalue weighted by Gasteiger charge is 2.17. The van der Waals surface area contributed by atoms with Crippen molar-refractivity contribution in [2.24, 2.45) is 10.9 Å². The van der Waals surface area contributed by atoms with Gasteiger partial charge < -0.3 is 24.6 Å². The first-order chi connectivity index (χ1) is 12.6. The van der Waals surface area contributed by atoms with E-state index in [0.717, 1.165) is 31.9 Å². The fourth-order valence-corrected chi connectivity index (χ4v) is 2.50. The zero-order valence-corrected chi connectivity index (χ0v) is 18.7. The van der Waals surface area contributed by atoms with Gasteiger partial charge >= 0.3 is 0 Å². The molecular formula is C19H31IN4O3. The molecule has 1 N–H and O–H groups in total. The molecule has 1 atom stereocenters. The van der Waals surface area contributed by atoms with E-state index in [2.05, 4.69) is 10.3 Å². The first-order valence-electron chi connectivity index (χ1n) is 9.01. The number of aliphatic imine (C=N–C) groups is 1. The van der Waals surface area contributed by atoms with Crippen LogP contribution in [0.4, 0.5) is 0 Å². The monoisotopic (exact) mass is 490 g/mol. The predicted molar refractivity (Wildman–Crippen MR) is 118 cm³/mol. The van der Waals surface area contributed by atoms with Crippen molar-refractivity contribution in [3.8, 4) is 5.75 Å². The Kier molecular flexibility index (Phi) is 11.1. The smallest absolute Gasteiger partial charge is 0.243 e. The zero-order chi connectivity index (χ0) is 18.8. The van der Waals surface area contributed by atoms with Crippen LogP contribution >= 0.6 is 24.0 Å². The third-order valence-electron chi connectivity index (χ3n) is 4.24. The van der Waals surface area contributed by atoms with Crippen molar-refractivity contribution in [1.29, 1.82) is 0 Å². The summed E-state index contributed by atoms with van der Waals surface area (Å²) in [5, 5.41) is 3.37. The Bertz CT molecular complexity index is 578. The van der Waals surface area contributed by atoms with Gasteiger partial charge in [0, 0.05) is 40.2 Å². The lowest BCUT2D eigenvalue weighted by atomic mass is 10.1. The number of nitrogens with zero attached hydrogens (tertiary/aromatic N) is 3. The number of likely N-dealkylation sites (N-methyl/N-ethyl adjacent to an activating group) is 2. The molecule has 0 aromatic heterocycles. The van der Waals surface area contributed by atoms with Gasteiger partial charge in [-0.2, -0.15) is 0 Å². The van der Waals surface area contributed by atoms with Crippen LogP contribution in [0.25, 0.3) is 0 Å². The van der Waals surface area contributed by atoms with E-state index in [-0.39, 0.29) is 36.4 Å². The van der Waals surface area contributed by atoms with Gasteiger partial charge in [-0.1, -0.05) is 18.2 Å². The van der Waals surface area contributed by atoms with Gasteiger partial charge in [-0.15, -0.1) is 24.0 Å². The van der Waals surface area contributed by atoms with E-state index >= 15 is 0 Å². The topological polar surface area (TPSA) is 66.4 Å². The molecule has 1 aliphatic heterocycles. The molecule has 1 aromatic carbocycles. The Labute approximate surface area is 179 Å². The van der Waals surface area contributed by atoms with E-state index in [4.69, 9.17) is 9.47 Å². The zero-order valence-electron chi connectivity index (χ0n) is 16.4. The van der Waals surface area contributed by atoms with Crippen molar-refractivity contribution in [3.63, 3.8) is 0 Å². The highest BCUT2D eigenvalue weighted by atomic mass is 127. The Hall–Kier alpha value is -1.55. The lowest BCUT2D eigenvalue weighted by Crippen LogP contribution is -2.43. The first-order valence-corrected chi connectivity index (χ1v) is 9.01. The molecule has 1 heterocycles. The van der Waals surface area contributed by atoms with Gasteiger partial charge in [-0.3, -0.25) is 4.79 Å². The quantitative estimate of drug-likeness (QED) is 0.342. The molecule has 0 aliphatic carbocycles. The van der Waals surface area contributed by atoms with Gasteiger partial charge in [0.2, 0.25) is 5.91 Å². The van der Waals surface area contributed by atoms with Crippen molar-refractivity contribution >= 4 is 35.8 Å². The van der Waals surface area contributed by atoms with Crippen molar-refractivity contribution in [1.82, 2.24) is 15.1 Å². The summed E-state index contributed by atoms with van der Waals surface area (Å²) in [5.74, 6) is 2.02. The van der Waals surface area contributed by atoms with Gasteiger partial charge in [-0.05, 0) is 18.6 Å². The van der Waals surface area contributed by atoms with E-state index in [1.165, 1.54) is 0 Å². The highest BCUT2D eigenvalue weighted by molar-refractivity contribution is 14.0. The molecule has 1 amide bonds. The molecule has 0 radical (unpaired) electrons. The lowest BCUT2D eigenvalue weighted by Gasteiger charge is -2.24. The number of guanidine groups is 1. The minimum Gasteiger partial charge on any atom is -0.492 e. The summed E-state index contributed by atoms with van der Waals surface area (Å²) in [6.45, 7) is 3.71. The minimum absolute atomic E-state index is 0. The number of carbonyl (C=O) groups excluding carboxylic acids is 1. The van der Waals surface area contributed by atoms with Crippen molar-refractivity contribution in [2.45, 2.75) is 6.42 Å². The van der Waals surface area contributed by atoms with E-state index in [9.17, 15) is 4.79 Å². The molecule has 7 nitrogen and oxygen atoms in total. The molecule has 1 saturated heterocycles. The summed E-state index contributed by atoms with van der Waals surface area (Å²) in [6, 6.07) is 9.72. The molecule has 0 saturated carbocycles. The van der Waals surface area contributed by atoms with Crippen molar-refractivity contribution in [3.05, 3.63) is 30.3 Å². The van der Waals surface area contributed by atoms with Gasteiger partial charge in [0.15, 0.2) is 5.96 Å². The number of carbonyl (C=O) groups is 1. The second-order valence-corrected chi connectivity index (χ2v) is 6.62. The van der Waals surface area contributed by atoms with Crippen LogP contribution in [0.5, 0.6) is 5.75 Å². The minimum atomic E-state index is -0.0255. The molecule has 152 valence electrons. The average Bonchev–Trinajstić information content (AvgIpc) is 3.15. The third kappa shape index (κ3) is 8.79. The van der Waals surface area contributed by atoms with Crippen molar-refractivity contribution < 1.29 is 14.3 Å². The van der Waals surface area contributed by atoms with Gasteiger partial charge in [-0.25, -0.2) is 4.99 Å². The number of halogens is 1. The molecule has 1 unspecified atom stereocenters. The Balaban J connectivity index is 0.00000364. The van der Waals surface area contributed by atoms with Crippen LogP contribution in [0.3, 0.4) is 0 Å². The molecular weight excluding hydrogens is 459 g/mol. The second kappa shape index (κ2) is 12.8. The van der Waals surface area contributed by atoms with Crippen LogP contribution in [0.2, 0.25) is 0 Å². The van der Waals surface area contributed by atoms with Crippen molar-refractivity contribution in [2.75, 3.05) is 60.6 Å². The maximum Gasteiger partial charge on any atom is 0.243 e. The fourth-order valence-electron chi connectivity index (χ4n) is 2.50. The van der Waals surface area contributed by atoms with E-state index in [0.29, 0.717) is 25.0 Å². The van der Waals surface area contributed by atoms with E-state index in [1.807, 2.05) is 42.3 Å². The molecule has 8 heteroatoms. The predicted octanol–water partition coefficient (Wildman–Crippen LogP) is 1.69. The summed E-state index contributed by atoms with van der Waals surface area (Å²) in [6.07, 6.45) is 1.05. The maximum atomic E-state index is 11.9. The Morgan fingerprint density at radius 1 is 1.30 bits per heavy atom. The van der Waals surface area contributed by atoms with Gasteiger partial charge in [0.1, 0.15) is 18.9 Å². The number of ether oxygens (including phenoxy) is 2. The first kappa shape index (κ1) is 23.5. The number of rotatable bonds is 8. The van der Waals surface area contributed by atoms with Crippen LogP contribution in [0.15, 0.2) is 35.3 Å². The molecule has 0 bridgehead atoms. The number of para-hydroxylation sites is 1. The van der Waals surface area contributed by atoms with Crippen LogP contribution in [-0.4, -0.2) is 82.3 Å². The number of hydrogen-bond donors (Lipinski definition) is 1. The fraction of sp³-hybridized carbons (Fsp3) is 0.579. The van der Waals surface area contributed by atoms with Crippen LogP contribution in [0, 0.1) is 5.92 Å². The Morgan fingerprint density at radius 2 is 2.04 bits per heavy atom. The van der Waals surface area contributed by atoms with Gasteiger partial charge in [0.05, 0.1) is 13.2 Å². The van der Waals surface area contributed by atoms with Crippen LogP contribution in [0.1, 0.15) is 6.42 Å². The lowest BCUT2D eigenvalue weighted by molar-refractivity contribution is -0.127. The van der Waals surface area contributed by atoms with E-state index < -0.39 is 0 Å². The number of hydrogen-bond acceptors (Lipinski definition) is 4. The summed E-state index contributed by atoms with van der Waals surface area (Å²) in [7, 11) is 5.42. The number of nitrogens with one attached hydrogen (secondary N) is 1. The summed E-state index contributed by atoms with van der Waals surface area (Å²) in [4.78, 5) is 19.9. The largest absolute Gasteiger partial charge is 0.492 e.